The quantitative estimate of drug-likeness (QED) is 0.840. The molecule has 7 nitrogen and oxygen atoms in total. The van der Waals surface area contributed by atoms with Crippen molar-refractivity contribution in [2.75, 3.05) is 55.0 Å². The van der Waals surface area contributed by atoms with E-state index in [9.17, 15) is 0 Å². The molecular weight excluding hydrogens is 302 g/mol. The van der Waals surface area contributed by atoms with Gasteiger partial charge in [0, 0.05) is 70.1 Å². The van der Waals surface area contributed by atoms with Crippen LogP contribution in [0.25, 0.3) is 0 Å². The molecule has 2 aromatic rings. The van der Waals surface area contributed by atoms with Crippen molar-refractivity contribution >= 4 is 17.6 Å². The van der Waals surface area contributed by atoms with Crippen LogP contribution in [0.4, 0.5) is 17.6 Å². The molecule has 4 rings (SSSR count). The van der Waals surface area contributed by atoms with Crippen molar-refractivity contribution in [1.82, 2.24) is 19.9 Å². The van der Waals surface area contributed by atoms with Crippen molar-refractivity contribution in [1.29, 1.82) is 0 Å². The van der Waals surface area contributed by atoms with Crippen LogP contribution in [0.5, 0.6) is 0 Å². The van der Waals surface area contributed by atoms with Crippen LogP contribution < -0.4 is 14.7 Å². The Bertz CT molecular complexity index is 718. The smallest absolute Gasteiger partial charge is 0.226 e. The van der Waals surface area contributed by atoms with E-state index >= 15 is 0 Å². The highest BCUT2D eigenvalue weighted by molar-refractivity contribution is 5.49. The molecule has 0 bridgehead atoms. The first kappa shape index (κ1) is 15.1. The molecule has 0 aliphatic carbocycles. The molecule has 2 aliphatic rings. The van der Waals surface area contributed by atoms with Gasteiger partial charge in [-0.1, -0.05) is 0 Å². The summed E-state index contributed by atoms with van der Waals surface area (Å²) in [4.78, 5) is 24.3. The lowest BCUT2D eigenvalue weighted by Gasteiger charge is -2.24. The topological polar surface area (TPSA) is 61.3 Å². The Morgan fingerprint density at radius 3 is 2.42 bits per heavy atom. The third-order valence-electron chi connectivity index (χ3n) is 5.01. The van der Waals surface area contributed by atoms with Crippen LogP contribution in [-0.2, 0) is 0 Å². The summed E-state index contributed by atoms with van der Waals surface area (Å²) in [5.41, 5.74) is 1.15. The van der Waals surface area contributed by atoms with Crippen molar-refractivity contribution in [3.05, 3.63) is 30.4 Å². The molecule has 126 valence electrons. The highest BCUT2D eigenvalue weighted by Gasteiger charge is 2.41. The van der Waals surface area contributed by atoms with E-state index in [-0.39, 0.29) is 0 Å². The number of hydrogen-bond acceptors (Lipinski definition) is 7. The van der Waals surface area contributed by atoms with E-state index < -0.39 is 0 Å². The predicted molar refractivity (Wildman–Crippen MR) is 94.5 cm³/mol. The fraction of sp³-hybridized carbons (Fsp3) is 0.529. The van der Waals surface area contributed by atoms with Gasteiger partial charge in [0.1, 0.15) is 18.0 Å². The average Bonchev–Trinajstić information content (AvgIpc) is 3.14. The first-order valence-corrected chi connectivity index (χ1v) is 8.38. The summed E-state index contributed by atoms with van der Waals surface area (Å²) in [5.74, 6) is 4.22. The van der Waals surface area contributed by atoms with Crippen LogP contribution in [0.1, 0.15) is 5.56 Å². The van der Waals surface area contributed by atoms with Crippen LogP contribution in [-0.4, -0.2) is 60.2 Å². The molecule has 4 heterocycles. The summed E-state index contributed by atoms with van der Waals surface area (Å²) in [6.45, 7) is 6.30. The maximum absolute atomic E-state index is 4.68. The predicted octanol–water partition coefficient (Wildman–Crippen LogP) is 1.21. The van der Waals surface area contributed by atoms with Gasteiger partial charge in [-0.05, 0) is 13.0 Å². The Labute approximate surface area is 142 Å². The molecule has 0 amide bonds. The Morgan fingerprint density at radius 2 is 1.75 bits per heavy atom. The third-order valence-corrected chi connectivity index (χ3v) is 5.01. The molecule has 2 unspecified atom stereocenters. The number of rotatable bonds is 3. The van der Waals surface area contributed by atoms with Crippen molar-refractivity contribution in [3.8, 4) is 0 Å². The van der Waals surface area contributed by atoms with E-state index in [0.29, 0.717) is 11.8 Å². The first-order chi connectivity index (χ1) is 11.6. The lowest BCUT2D eigenvalue weighted by Crippen LogP contribution is -2.30. The molecule has 0 saturated carbocycles. The molecule has 24 heavy (non-hydrogen) atoms. The number of nitrogens with zero attached hydrogens (tertiary/aromatic N) is 7. The SMILES string of the molecule is Cc1cncnc1N1CC2CN(c3ccnc(N(C)C)n3)CC2C1. The molecule has 0 aromatic carbocycles. The van der Waals surface area contributed by atoms with Gasteiger partial charge in [-0.3, -0.25) is 0 Å². The van der Waals surface area contributed by atoms with Gasteiger partial charge >= 0.3 is 0 Å². The zero-order valence-corrected chi connectivity index (χ0v) is 14.4. The molecule has 0 radical (unpaired) electrons. The van der Waals surface area contributed by atoms with E-state index in [0.717, 1.165) is 49.3 Å². The molecule has 2 saturated heterocycles. The van der Waals surface area contributed by atoms with Crippen LogP contribution in [0.15, 0.2) is 24.8 Å². The minimum atomic E-state index is 0.664. The van der Waals surface area contributed by atoms with Gasteiger partial charge in [-0.2, -0.15) is 4.98 Å². The summed E-state index contributed by atoms with van der Waals surface area (Å²) in [5, 5.41) is 0. The maximum atomic E-state index is 4.68. The molecule has 0 N–H and O–H groups in total. The van der Waals surface area contributed by atoms with Crippen LogP contribution in [0, 0.1) is 18.8 Å². The fourth-order valence-electron chi connectivity index (χ4n) is 3.81. The zero-order valence-electron chi connectivity index (χ0n) is 14.4. The number of anilines is 3. The van der Waals surface area contributed by atoms with Crippen molar-refractivity contribution in [2.45, 2.75) is 6.92 Å². The second-order valence-corrected chi connectivity index (χ2v) is 6.97. The third kappa shape index (κ3) is 2.64. The highest BCUT2D eigenvalue weighted by atomic mass is 15.3. The number of aryl methyl sites for hydroxylation is 1. The van der Waals surface area contributed by atoms with Gasteiger partial charge in [-0.25, -0.2) is 15.0 Å². The molecule has 2 fully saturated rings. The van der Waals surface area contributed by atoms with Gasteiger partial charge in [0.15, 0.2) is 0 Å². The van der Waals surface area contributed by atoms with Gasteiger partial charge in [-0.15, -0.1) is 0 Å². The Balaban J connectivity index is 1.47. The fourth-order valence-corrected chi connectivity index (χ4v) is 3.81. The molecule has 2 atom stereocenters. The summed E-state index contributed by atoms with van der Waals surface area (Å²) in [6.07, 6.45) is 5.39. The highest BCUT2D eigenvalue weighted by Crippen LogP contribution is 2.35. The minimum Gasteiger partial charge on any atom is -0.356 e. The molecule has 7 heteroatoms. The Morgan fingerprint density at radius 1 is 1.04 bits per heavy atom. The second kappa shape index (κ2) is 5.89. The van der Waals surface area contributed by atoms with E-state index in [2.05, 4.69) is 36.7 Å². The zero-order chi connectivity index (χ0) is 16.7. The van der Waals surface area contributed by atoms with Crippen LogP contribution in [0.2, 0.25) is 0 Å². The molecular formula is C17H23N7. The monoisotopic (exact) mass is 325 g/mol. The summed E-state index contributed by atoms with van der Waals surface area (Å²) >= 11 is 0. The Hall–Kier alpha value is -2.44. The van der Waals surface area contributed by atoms with Crippen LogP contribution in [0.3, 0.4) is 0 Å². The van der Waals surface area contributed by atoms with Crippen molar-refractivity contribution in [3.63, 3.8) is 0 Å². The molecule has 2 aliphatic heterocycles. The standard InChI is InChI=1S/C17H23N7/c1-12-6-18-11-20-16(12)24-9-13-7-23(8-14(13)10-24)15-4-5-19-17(21-15)22(2)3/h4-6,11,13-14H,7-10H2,1-3H3. The second-order valence-electron chi connectivity index (χ2n) is 6.97. The number of aromatic nitrogens is 4. The molecule has 0 spiro atoms. The van der Waals surface area contributed by atoms with Gasteiger partial charge in [0.2, 0.25) is 5.95 Å². The lowest BCUT2D eigenvalue weighted by atomic mass is 10.0. The van der Waals surface area contributed by atoms with E-state index in [1.165, 1.54) is 0 Å². The first-order valence-electron chi connectivity index (χ1n) is 8.38. The minimum absolute atomic E-state index is 0.664. The average molecular weight is 325 g/mol. The summed E-state index contributed by atoms with van der Waals surface area (Å²) in [6, 6.07) is 2.01. The van der Waals surface area contributed by atoms with Gasteiger partial charge < -0.3 is 14.7 Å². The largest absolute Gasteiger partial charge is 0.356 e. The Kier molecular flexibility index (Phi) is 3.70. The van der Waals surface area contributed by atoms with E-state index in [1.807, 2.05) is 37.5 Å². The number of hydrogen-bond donors (Lipinski definition) is 0. The van der Waals surface area contributed by atoms with Gasteiger partial charge in [0.05, 0.1) is 0 Å². The maximum Gasteiger partial charge on any atom is 0.226 e. The van der Waals surface area contributed by atoms with Crippen LogP contribution >= 0.6 is 0 Å². The van der Waals surface area contributed by atoms with E-state index in [1.54, 1.807) is 6.33 Å². The summed E-state index contributed by atoms with van der Waals surface area (Å²) < 4.78 is 0. The van der Waals surface area contributed by atoms with Crippen molar-refractivity contribution in [2.24, 2.45) is 11.8 Å². The normalized spacial score (nSPS) is 22.8. The summed E-state index contributed by atoms with van der Waals surface area (Å²) in [7, 11) is 3.94. The lowest BCUT2D eigenvalue weighted by molar-refractivity contribution is 0.533. The van der Waals surface area contributed by atoms with Crippen molar-refractivity contribution < 1.29 is 0 Å². The number of fused-ring (bicyclic) bond motifs is 1. The van der Waals surface area contributed by atoms with Gasteiger partial charge in [0.25, 0.3) is 0 Å². The molecule has 2 aromatic heterocycles. The van der Waals surface area contributed by atoms with E-state index in [4.69, 9.17) is 0 Å².